The second-order valence-corrected chi connectivity index (χ2v) is 12.2. The summed E-state index contributed by atoms with van der Waals surface area (Å²) < 4.78 is 39.6. The Morgan fingerprint density at radius 2 is 1.84 bits per heavy atom. The van der Waals surface area contributed by atoms with Crippen LogP contribution in [0.25, 0.3) is 0 Å². The van der Waals surface area contributed by atoms with Crippen LogP contribution in [0.15, 0.2) is 23.0 Å². The van der Waals surface area contributed by atoms with Gasteiger partial charge < -0.3 is 24.6 Å². The Labute approximate surface area is 188 Å². The van der Waals surface area contributed by atoms with Crippen LogP contribution >= 0.6 is 7.52 Å². The molecule has 1 aromatic carbocycles. The maximum absolute atomic E-state index is 14.6. The third kappa shape index (κ3) is 4.44. The third-order valence-corrected chi connectivity index (χ3v) is 7.37. The molecule has 9 heteroatoms. The van der Waals surface area contributed by atoms with Crippen molar-refractivity contribution in [1.29, 1.82) is 0 Å². The van der Waals surface area contributed by atoms with Gasteiger partial charge in [0.15, 0.2) is 11.6 Å². The number of hydrogen-bond donors (Lipinski definition) is 3. The predicted molar refractivity (Wildman–Crippen MR) is 126 cm³/mol. The summed E-state index contributed by atoms with van der Waals surface area (Å²) >= 11 is 0. The fourth-order valence-electron chi connectivity index (χ4n) is 3.82. The lowest BCUT2D eigenvalue weighted by Crippen LogP contribution is -2.27. The highest BCUT2D eigenvalue weighted by molar-refractivity contribution is 7.66. The van der Waals surface area contributed by atoms with E-state index in [9.17, 15) is 19.2 Å². The largest absolute Gasteiger partial charge is 0.505 e. The molecule has 0 radical (unpaired) electrons. The molecule has 176 valence electrons. The lowest BCUT2D eigenvalue weighted by molar-refractivity contribution is 0.319. The van der Waals surface area contributed by atoms with Crippen LogP contribution in [0.1, 0.15) is 66.1 Å². The van der Waals surface area contributed by atoms with Gasteiger partial charge >= 0.3 is 7.52 Å². The summed E-state index contributed by atoms with van der Waals surface area (Å²) in [5, 5.41) is 25.3. The Bertz CT molecular complexity index is 1110. The van der Waals surface area contributed by atoms with Gasteiger partial charge in [-0.3, -0.25) is 4.57 Å². The quantitative estimate of drug-likeness (QED) is 0.507. The van der Waals surface area contributed by atoms with Gasteiger partial charge in [0.1, 0.15) is 11.4 Å². The molecule has 2 aromatic rings. The first kappa shape index (κ1) is 24.3. The van der Waals surface area contributed by atoms with Crippen molar-refractivity contribution in [1.82, 2.24) is 4.57 Å². The highest BCUT2D eigenvalue weighted by Gasteiger charge is 2.39. The van der Waals surface area contributed by atoms with Crippen LogP contribution in [0, 0.1) is 11.2 Å². The van der Waals surface area contributed by atoms with Gasteiger partial charge in [-0.2, -0.15) is 4.76 Å². The van der Waals surface area contributed by atoms with E-state index in [0.29, 0.717) is 12.2 Å². The minimum Gasteiger partial charge on any atom is -0.505 e. The van der Waals surface area contributed by atoms with Gasteiger partial charge in [-0.05, 0) is 30.9 Å². The number of benzene rings is 1. The fraction of sp³-hybridized carbons (Fsp3) is 0.522. The zero-order valence-electron chi connectivity index (χ0n) is 19.8. The van der Waals surface area contributed by atoms with Gasteiger partial charge in [-0.15, -0.1) is 0 Å². The van der Waals surface area contributed by atoms with Gasteiger partial charge in [-0.1, -0.05) is 47.6 Å². The van der Waals surface area contributed by atoms with Crippen molar-refractivity contribution >= 4 is 24.3 Å². The summed E-state index contributed by atoms with van der Waals surface area (Å²) in [6.07, 6.45) is 0.742. The molecule has 3 N–H and O–H groups in total. The van der Waals surface area contributed by atoms with E-state index in [1.54, 1.807) is 11.5 Å². The number of nitrogens with zero attached hydrogens (tertiary/aromatic N) is 2. The first-order valence-electron chi connectivity index (χ1n) is 10.8. The molecular weight excluding hydrogens is 432 g/mol. The fourth-order valence-corrected chi connectivity index (χ4v) is 5.61. The number of amidine groups is 1. The van der Waals surface area contributed by atoms with Gasteiger partial charge in [0.05, 0.1) is 23.3 Å². The van der Waals surface area contributed by atoms with Gasteiger partial charge in [0, 0.05) is 12.0 Å². The highest BCUT2D eigenvalue weighted by atomic mass is 31.2. The molecule has 3 rings (SSSR count). The standard InChI is InChI=1S/C23H33FN3O4P/c1-8-31-32(30)15-11-9-10-14(24)17(15)25-20(26-32)16-18(28)19(23(5,6)7)27(21(16)29)13-12-22(2,3)4/h9-11,28-29H,8,12-13H2,1-7H3,(H,25,26,30). The molecule has 1 aromatic heterocycles. The molecule has 7 nitrogen and oxygen atoms in total. The van der Waals surface area contributed by atoms with Crippen molar-refractivity contribution in [2.45, 2.75) is 66.8 Å². The van der Waals surface area contributed by atoms with E-state index in [1.807, 2.05) is 20.8 Å². The average molecular weight is 466 g/mol. The zero-order valence-corrected chi connectivity index (χ0v) is 20.7. The summed E-state index contributed by atoms with van der Waals surface area (Å²) in [4.78, 5) is 0. The van der Waals surface area contributed by atoms with E-state index in [2.05, 4.69) is 30.9 Å². The molecule has 0 saturated carbocycles. The molecule has 0 fully saturated rings. The van der Waals surface area contributed by atoms with Crippen LogP contribution in [0.3, 0.4) is 0 Å². The maximum Gasteiger partial charge on any atom is 0.348 e. The zero-order chi connectivity index (χ0) is 24.1. The van der Waals surface area contributed by atoms with E-state index >= 15 is 0 Å². The van der Waals surface area contributed by atoms with Gasteiger partial charge in [0.2, 0.25) is 5.88 Å². The van der Waals surface area contributed by atoms with E-state index < -0.39 is 18.8 Å². The molecule has 2 heterocycles. The van der Waals surface area contributed by atoms with Crippen molar-refractivity contribution in [3.05, 3.63) is 35.3 Å². The minimum atomic E-state index is -3.83. The van der Waals surface area contributed by atoms with Crippen LogP contribution in [-0.2, 0) is 21.0 Å². The molecule has 0 amide bonds. The van der Waals surface area contributed by atoms with Crippen molar-refractivity contribution in [3.63, 3.8) is 0 Å². The van der Waals surface area contributed by atoms with Gasteiger partial charge in [-0.25, -0.2) is 4.39 Å². The van der Waals surface area contributed by atoms with Crippen molar-refractivity contribution < 1.29 is 23.7 Å². The van der Waals surface area contributed by atoms with E-state index in [0.717, 1.165) is 6.42 Å². The number of aromatic nitrogens is 1. The van der Waals surface area contributed by atoms with Gasteiger partial charge in [0.25, 0.3) is 0 Å². The Hall–Kier alpha value is -2.31. The smallest absolute Gasteiger partial charge is 0.348 e. The second-order valence-electron chi connectivity index (χ2n) is 10.3. The number of para-hydroxylation sites is 1. The molecule has 1 atom stereocenters. The van der Waals surface area contributed by atoms with Crippen molar-refractivity contribution in [2.75, 3.05) is 11.9 Å². The SMILES string of the molecule is CCOP1(=O)N=C(c2c(O)c(C(C)(C)C)n(CCC(C)(C)C)c2O)Nc2c(F)cccc21. The Kier molecular flexibility index (Phi) is 6.26. The van der Waals surface area contributed by atoms with E-state index in [4.69, 9.17) is 4.52 Å². The first-order chi connectivity index (χ1) is 14.7. The monoisotopic (exact) mass is 465 g/mol. The lowest BCUT2D eigenvalue weighted by atomic mass is 9.89. The number of anilines is 1. The maximum atomic E-state index is 14.6. The summed E-state index contributed by atoms with van der Waals surface area (Å²) in [5.41, 5.74) is -0.0517. The number of nitrogens with one attached hydrogen (secondary N) is 1. The molecule has 1 aliphatic heterocycles. The van der Waals surface area contributed by atoms with E-state index in [1.165, 1.54) is 18.2 Å². The average Bonchev–Trinajstić information content (AvgIpc) is 2.90. The topological polar surface area (TPSA) is 96.1 Å². The molecular formula is C23H33FN3O4P. The summed E-state index contributed by atoms with van der Waals surface area (Å²) in [7, 11) is -3.83. The third-order valence-electron chi connectivity index (χ3n) is 5.32. The van der Waals surface area contributed by atoms with Crippen LogP contribution in [0.4, 0.5) is 10.1 Å². The number of hydrogen-bond acceptors (Lipinski definition) is 5. The van der Waals surface area contributed by atoms with Crippen LogP contribution in [0.5, 0.6) is 11.6 Å². The molecule has 32 heavy (non-hydrogen) atoms. The van der Waals surface area contributed by atoms with Crippen LogP contribution < -0.4 is 10.6 Å². The van der Waals surface area contributed by atoms with Crippen LogP contribution in [-0.4, -0.2) is 27.2 Å². The number of aromatic hydroxyl groups is 2. The first-order valence-corrected chi connectivity index (χ1v) is 12.3. The highest BCUT2D eigenvalue weighted by Crippen LogP contribution is 2.53. The van der Waals surface area contributed by atoms with Crippen LogP contribution in [0.2, 0.25) is 0 Å². The second kappa shape index (κ2) is 8.23. The summed E-state index contributed by atoms with van der Waals surface area (Å²) in [5.74, 6) is -1.12. The molecule has 0 bridgehead atoms. The molecule has 1 aliphatic rings. The number of halogens is 1. The minimum absolute atomic E-state index is 0.00497. The molecule has 0 spiro atoms. The molecule has 1 unspecified atom stereocenters. The van der Waals surface area contributed by atoms with Crippen molar-refractivity contribution in [2.24, 2.45) is 10.2 Å². The van der Waals surface area contributed by atoms with Crippen molar-refractivity contribution in [3.8, 4) is 11.6 Å². The Morgan fingerprint density at radius 3 is 2.41 bits per heavy atom. The number of rotatable bonds is 5. The normalized spacial score (nSPS) is 18.8. The molecule has 0 aliphatic carbocycles. The lowest BCUT2D eigenvalue weighted by Gasteiger charge is -2.25. The summed E-state index contributed by atoms with van der Waals surface area (Å²) in [6.45, 7) is 14.3. The Morgan fingerprint density at radius 1 is 1.19 bits per heavy atom. The van der Waals surface area contributed by atoms with E-state index in [-0.39, 0.29) is 46.0 Å². The summed E-state index contributed by atoms with van der Waals surface area (Å²) in [6, 6.07) is 4.18. The molecule has 0 saturated heterocycles. The Balaban J connectivity index is 2.23. The predicted octanol–water partition coefficient (Wildman–Crippen LogP) is 5.50. The number of fused-ring (bicyclic) bond motifs is 1.